The Morgan fingerprint density at radius 1 is 1.16 bits per heavy atom. The minimum atomic E-state index is -0.617. The molecule has 1 aliphatic rings. The van der Waals surface area contributed by atoms with Gasteiger partial charge >= 0.3 is 6.03 Å². The second kappa shape index (κ2) is 6.93. The van der Waals surface area contributed by atoms with Crippen molar-refractivity contribution in [1.29, 1.82) is 0 Å². The highest BCUT2D eigenvalue weighted by atomic mass is 19.1. The summed E-state index contributed by atoms with van der Waals surface area (Å²) in [6.45, 7) is 4.55. The van der Waals surface area contributed by atoms with Gasteiger partial charge in [0.15, 0.2) is 0 Å². The molecular weight excluding hydrogens is 321 g/mol. The van der Waals surface area contributed by atoms with Gasteiger partial charge in [0.25, 0.3) is 0 Å². The number of rotatable bonds is 3. The van der Waals surface area contributed by atoms with Gasteiger partial charge in [0, 0.05) is 12.2 Å². The zero-order chi connectivity index (χ0) is 18.0. The minimum absolute atomic E-state index is 0.0801. The first kappa shape index (κ1) is 17.0. The molecule has 0 saturated carbocycles. The van der Waals surface area contributed by atoms with Gasteiger partial charge in [-0.2, -0.15) is 0 Å². The van der Waals surface area contributed by atoms with Crippen molar-refractivity contribution in [1.82, 2.24) is 5.32 Å². The zero-order valence-corrected chi connectivity index (χ0v) is 14.2. The molecule has 1 heterocycles. The predicted molar refractivity (Wildman–Crippen MR) is 95.2 cm³/mol. The van der Waals surface area contributed by atoms with Crippen LogP contribution in [0.2, 0.25) is 0 Å². The Labute approximate surface area is 145 Å². The maximum absolute atomic E-state index is 13.6. The van der Waals surface area contributed by atoms with E-state index in [2.05, 4.69) is 10.6 Å². The smallest absolute Gasteiger partial charge is 0.319 e. The highest BCUT2D eigenvalue weighted by Gasteiger charge is 2.33. The Hall–Kier alpha value is -2.89. The molecule has 25 heavy (non-hydrogen) atoms. The number of urea groups is 1. The van der Waals surface area contributed by atoms with Crippen LogP contribution < -0.4 is 15.5 Å². The number of anilines is 2. The third kappa shape index (κ3) is 3.63. The van der Waals surface area contributed by atoms with Crippen LogP contribution in [0.3, 0.4) is 0 Å². The summed E-state index contributed by atoms with van der Waals surface area (Å²) in [6, 6.07) is 10.5. The average molecular weight is 341 g/mol. The molecule has 1 atom stereocenters. The van der Waals surface area contributed by atoms with E-state index in [-0.39, 0.29) is 11.6 Å². The molecule has 0 spiro atoms. The van der Waals surface area contributed by atoms with E-state index in [0.717, 1.165) is 16.8 Å². The molecule has 2 aromatic carbocycles. The standard InChI is InChI=1S/C19H20FN3O2/c1-12-7-8-14(11-13(12)2)23-10-9-17(18(23)24)22-19(25)21-16-6-4-3-5-15(16)20/h3-8,11,17H,9-10H2,1-2H3,(H2,21,22,25). The van der Waals surface area contributed by atoms with Gasteiger partial charge in [0.1, 0.15) is 11.9 Å². The molecule has 2 N–H and O–H groups in total. The van der Waals surface area contributed by atoms with Crippen LogP contribution in [0.5, 0.6) is 0 Å². The number of benzene rings is 2. The van der Waals surface area contributed by atoms with E-state index in [1.807, 2.05) is 32.0 Å². The Balaban J connectivity index is 1.65. The van der Waals surface area contributed by atoms with Crippen molar-refractivity contribution in [3.05, 3.63) is 59.4 Å². The van der Waals surface area contributed by atoms with E-state index >= 15 is 0 Å². The van der Waals surface area contributed by atoms with Gasteiger partial charge in [-0.1, -0.05) is 18.2 Å². The van der Waals surface area contributed by atoms with Crippen LogP contribution in [0.1, 0.15) is 17.5 Å². The summed E-state index contributed by atoms with van der Waals surface area (Å²) in [6.07, 6.45) is 0.510. The van der Waals surface area contributed by atoms with Crippen molar-refractivity contribution in [3.8, 4) is 0 Å². The number of aryl methyl sites for hydroxylation is 2. The first-order valence-electron chi connectivity index (χ1n) is 8.16. The Bertz CT molecular complexity index is 822. The molecule has 3 rings (SSSR count). The highest BCUT2D eigenvalue weighted by Crippen LogP contribution is 2.24. The number of halogens is 1. The average Bonchev–Trinajstić information content (AvgIpc) is 2.93. The number of carbonyl (C=O) groups is 2. The van der Waals surface area contributed by atoms with E-state index in [1.54, 1.807) is 17.0 Å². The van der Waals surface area contributed by atoms with E-state index in [9.17, 15) is 14.0 Å². The van der Waals surface area contributed by atoms with Crippen molar-refractivity contribution in [2.24, 2.45) is 0 Å². The molecule has 1 aliphatic heterocycles. The number of hydrogen-bond donors (Lipinski definition) is 2. The van der Waals surface area contributed by atoms with Crippen molar-refractivity contribution in [2.75, 3.05) is 16.8 Å². The van der Waals surface area contributed by atoms with E-state index in [0.29, 0.717) is 13.0 Å². The van der Waals surface area contributed by atoms with E-state index in [4.69, 9.17) is 0 Å². The predicted octanol–water partition coefficient (Wildman–Crippen LogP) is 3.37. The fourth-order valence-electron chi connectivity index (χ4n) is 2.84. The van der Waals surface area contributed by atoms with Crippen LogP contribution in [0.25, 0.3) is 0 Å². The van der Waals surface area contributed by atoms with Gasteiger partial charge in [0.05, 0.1) is 5.69 Å². The molecule has 3 amide bonds. The van der Waals surface area contributed by atoms with Crippen molar-refractivity contribution < 1.29 is 14.0 Å². The summed E-state index contributed by atoms with van der Waals surface area (Å²) in [4.78, 5) is 26.3. The fraction of sp³-hybridized carbons (Fsp3) is 0.263. The van der Waals surface area contributed by atoms with Gasteiger partial charge in [0.2, 0.25) is 5.91 Å². The molecule has 1 fully saturated rings. The van der Waals surface area contributed by atoms with Gasteiger partial charge in [-0.3, -0.25) is 4.79 Å². The normalized spacial score (nSPS) is 16.8. The number of nitrogens with zero attached hydrogens (tertiary/aromatic N) is 1. The molecule has 130 valence electrons. The van der Waals surface area contributed by atoms with Gasteiger partial charge in [-0.25, -0.2) is 9.18 Å². The Morgan fingerprint density at radius 3 is 2.64 bits per heavy atom. The summed E-state index contributed by atoms with van der Waals surface area (Å²) < 4.78 is 13.6. The molecule has 2 aromatic rings. The number of amides is 3. The number of carbonyl (C=O) groups excluding carboxylic acids is 2. The van der Waals surface area contributed by atoms with E-state index in [1.165, 1.54) is 12.1 Å². The molecular formula is C19H20FN3O2. The minimum Gasteiger partial charge on any atom is -0.326 e. The third-order valence-corrected chi connectivity index (χ3v) is 4.44. The van der Waals surface area contributed by atoms with Crippen LogP contribution >= 0.6 is 0 Å². The summed E-state index contributed by atoms with van der Waals surface area (Å²) in [5, 5.41) is 5.06. The summed E-state index contributed by atoms with van der Waals surface area (Å²) in [5.74, 6) is -0.681. The highest BCUT2D eigenvalue weighted by molar-refractivity contribution is 6.02. The SMILES string of the molecule is Cc1ccc(N2CCC(NC(=O)Nc3ccccc3F)C2=O)cc1C. The van der Waals surface area contributed by atoms with Crippen LogP contribution in [-0.4, -0.2) is 24.5 Å². The largest absolute Gasteiger partial charge is 0.326 e. The second-order valence-corrected chi connectivity index (χ2v) is 6.18. The maximum Gasteiger partial charge on any atom is 0.319 e. The monoisotopic (exact) mass is 341 g/mol. The van der Waals surface area contributed by atoms with Gasteiger partial charge < -0.3 is 15.5 Å². The summed E-state index contributed by atoms with van der Waals surface area (Å²) in [5.41, 5.74) is 3.18. The van der Waals surface area contributed by atoms with Crippen LogP contribution in [-0.2, 0) is 4.79 Å². The second-order valence-electron chi connectivity index (χ2n) is 6.18. The Kier molecular flexibility index (Phi) is 4.70. The number of nitrogens with one attached hydrogen (secondary N) is 2. The van der Waals surface area contributed by atoms with Gasteiger partial charge in [-0.05, 0) is 55.7 Å². The summed E-state index contributed by atoms with van der Waals surface area (Å²) in [7, 11) is 0. The number of para-hydroxylation sites is 1. The first-order valence-corrected chi connectivity index (χ1v) is 8.16. The fourth-order valence-corrected chi connectivity index (χ4v) is 2.84. The molecule has 0 aromatic heterocycles. The molecule has 5 nitrogen and oxygen atoms in total. The Morgan fingerprint density at radius 2 is 1.92 bits per heavy atom. The van der Waals surface area contributed by atoms with Crippen LogP contribution in [0.15, 0.2) is 42.5 Å². The van der Waals surface area contributed by atoms with Crippen LogP contribution in [0.4, 0.5) is 20.6 Å². The molecule has 1 saturated heterocycles. The molecule has 0 radical (unpaired) electrons. The molecule has 0 bridgehead atoms. The quantitative estimate of drug-likeness (QED) is 0.899. The van der Waals surface area contributed by atoms with Crippen molar-refractivity contribution in [2.45, 2.75) is 26.3 Å². The lowest BCUT2D eigenvalue weighted by Gasteiger charge is -2.18. The van der Waals surface area contributed by atoms with E-state index < -0.39 is 17.9 Å². The lowest BCUT2D eigenvalue weighted by Crippen LogP contribution is -2.43. The number of hydrogen-bond acceptors (Lipinski definition) is 2. The van der Waals surface area contributed by atoms with Crippen LogP contribution in [0, 0.1) is 19.7 Å². The van der Waals surface area contributed by atoms with Gasteiger partial charge in [-0.15, -0.1) is 0 Å². The lowest BCUT2D eigenvalue weighted by atomic mass is 10.1. The molecule has 0 aliphatic carbocycles. The molecule has 1 unspecified atom stereocenters. The third-order valence-electron chi connectivity index (χ3n) is 4.44. The van der Waals surface area contributed by atoms with Crippen molar-refractivity contribution in [3.63, 3.8) is 0 Å². The van der Waals surface area contributed by atoms with Crippen molar-refractivity contribution >= 4 is 23.3 Å². The summed E-state index contributed by atoms with van der Waals surface area (Å²) >= 11 is 0. The maximum atomic E-state index is 13.6. The lowest BCUT2D eigenvalue weighted by molar-refractivity contribution is -0.118. The topological polar surface area (TPSA) is 61.4 Å². The molecule has 6 heteroatoms. The zero-order valence-electron chi connectivity index (χ0n) is 14.2. The first-order chi connectivity index (χ1) is 12.0.